The van der Waals surface area contributed by atoms with Gasteiger partial charge in [-0.3, -0.25) is 0 Å². The van der Waals surface area contributed by atoms with Crippen molar-refractivity contribution in [1.82, 2.24) is 0 Å². The second-order valence-corrected chi connectivity index (χ2v) is 5.03. The molecule has 2 unspecified atom stereocenters. The Bertz CT molecular complexity index is 345. The molecule has 0 heterocycles. The van der Waals surface area contributed by atoms with Crippen LogP contribution >= 0.6 is 15.9 Å². The number of hydrogen-bond donors (Lipinski definition) is 0. The number of methoxy groups -OCH3 is 1. The number of ether oxygens (including phenoxy) is 1. The maximum atomic E-state index is 5.60. The minimum absolute atomic E-state index is 0.242. The molecule has 0 saturated heterocycles. The van der Waals surface area contributed by atoms with Crippen molar-refractivity contribution < 1.29 is 4.74 Å². The van der Waals surface area contributed by atoms with Crippen molar-refractivity contribution in [2.75, 3.05) is 12.4 Å². The van der Waals surface area contributed by atoms with E-state index >= 15 is 0 Å². The average Bonchev–Trinajstić information content (AvgIpc) is 2.36. The Morgan fingerprint density at radius 3 is 2.53 bits per heavy atom. The Kier molecular flexibility index (Phi) is 6.53. The minimum atomic E-state index is 0.242. The van der Waals surface area contributed by atoms with E-state index in [1.807, 2.05) is 6.07 Å². The van der Waals surface area contributed by atoms with Crippen molar-refractivity contribution >= 4 is 15.9 Å². The topological polar surface area (TPSA) is 9.23 Å². The van der Waals surface area contributed by atoms with Gasteiger partial charge in [-0.25, -0.2) is 0 Å². The Hall–Kier alpha value is -0.600. The van der Waals surface area contributed by atoms with Gasteiger partial charge in [-0.15, -0.1) is 0 Å². The monoisotopic (exact) mass is 296 g/mol. The van der Waals surface area contributed by atoms with Gasteiger partial charge in [0.25, 0.3) is 0 Å². The maximum absolute atomic E-state index is 5.60. The first kappa shape index (κ1) is 14.5. The molecule has 0 saturated carbocycles. The van der Waals surface area contributed by atoms with Gasteiger partial charge in [-0.1, -0.05) is 64.8 Å². The van der Waals surface area contributed by atoms with E-state index in [9.17, 15) is 0 Å². The molecule has 1 rings (SSSR count). The summed E-state index contributed by atoms with van der Waals surface area (Å²) in [6, 6.07) is 10.5. The summed E-state index contributed by atoms with van der Waals surface area (Å²) in [5.74, 6) is 0.428. The summed E-state index contributed by atoms with van der Waals surface area (Å²) in [7, 11) is 1.79. The van der Waals surface area contributed by atoms with Crippen molar-refractivity contribution in [3.8, 4) is 0 Å². The lowest BCUT2D eigenvalue weighted by atomic mass is 9.96. The molecule has 0 spiro atoms. The predicted octanol–water partition coefficient (Wildman–Crippen LogP) is 4.22. The highest BCUT2D eigenvalue weighted by molar-refractivity contribution is 9.09. The predicted molar refractivity (Wildman–Crippen MR) is 77.7 cm³/mol. The van der Waals surface area contributed by atoms with E-state index in [1.54, 1.807) is 7.11 Å². The van der Waals surface area contributed by atoms with Gasteiger partial charge in [-0.2, -0.15) is 0 Å². The van der Waals surface area contributed by atoms with Gasteiger partial charge in [-0.05, 0) is 18.9 Å². The third-order valence-electron chi connectivity index (χ3n) is 2.93. The molecule has 0 fully saturated rings. The van der Waals surface area contributed by atoms with Crippen LogP contribution < -0.4 is 0 Å². The lowest BCUT2D eigenvalue weighted by Gasteiger charge is -2.20. The van der Waals surface area contributed by atoms with Crippen LogP contribution in [0.15, 0.2) is 42.0 Å². The molecular formula is C15H21BrO. The van der Waals surface area contributed by atoms with Gasteiger partial charge >= 0.3 is 0 Å². The quantitative estimate of drug-likeness (QED) is 0.564. The van der Waals surface area contributed by atoms with Crippen molar-refractivity contribution in [3.05, 3.63) is 47.5 Å². The molecule has 94 valence electrons. The number of halogens is 1. The zero-order valence-corrected chi connectivity index (χ0v) is 12.4. The molecule has 0 aromatic heterocycles. The fourth-order valence-electron chi connectivity index (χ4n) is 1.93. The number of rotatable bonds is 6. The number of benzene rings is 1. The summed E-state index contributed by atoms with van der Waals surface area (Å²) < 4.78 is 5.60. The van der Waals surface area contributed by atoms with E-state index in [-0.39, 0.29) is 6.10 Å². The Morgan fingerprint density at radius 2 is 2.00 bits per heavy atom. The highest BCUT2D eigenvalue weighted by Crippen LogP contribution is 2.16. The van der Waals surface area contributed by atoms with Crippen LogP contribution in [0, 0.1) is 5.92 Å². The van der Waals surface area contributed by atoms with Crippen molar-refractivity contribution in [2.24, 2.45) is 5.92 Å². The largest absolute Gasteiger partial charge is 0.381 e. The highest BCUT2D eigenvalue weighted by Gasteiger charge is 2.15. The van der Waals surface area contributed by atoms with Crippen LogP contribution in [0.5, 0.6) is 0 Å². The van der Waals surface area contributed by atoms with Gasteiger partial charge in [0.1, 0.15) is 0 Å². The lowest BCUT2D eigenvalue weighted by Crippen LogP contribution is -2.22. The van der Waals surface area contributed by atoms with Crippen LogP contribution in [-0.4, -0.2) is 18.5 Å². The summed E-state index contributed by atoms with van der Waals surface area (Å²) in [5.41, 5.74) is 2.68. The SMILES string of the molecule is COC(Cc1ccccc1)C(C)C=C(C)CBr. The lowest BCUT2D eigenvalue weighted by molar-refractivity contribution is 0.0744. The van der Waals surface area contributed by atoms with Gasteiger partial charge in [0.05, 0.1) is 6.10 Å². The minimum Gasteiger partial charge on any atom is -0.381 e. The molecule has 0 aliphatic heterocycles. The molecule has 1 aromatic rings. The number of hydrogen-bond acceptors (Lipinski definition) is 1. The second-order valence-electron chi connectivity index (χ2n) is 4.47. The number of allylic oxidation sites excluding steroid dienone is 1. The van der Waals surface area contributed by atoms with Crippen LogP contribution in [-0.2, 0) is 11.2 Å². The molecule has 0 bridgehead atoms. The molecule has 17 heavy (non-hydrogen) atoms. The Morgan fingerprint density at radius 1 is 1.35 bits per heavy atom. The van der Waals surface area contributed by atoms with Crippen molar-refractivity contribution in [1.29, 1.82) is 0 Å². The average molecular weight is 297 g/mol. The fraction of sp³-hybridized carbons (Fsp3) is 0.467. The molecule has 0 aliphatic rings. The van der Waals surface area contributed by atoms with E-state index in [0.29, 0.717) is 5.92 Å². The standard InChI is InChI=1S/C15H21BrO/c1-12(11-16)9-13(2)15(17-3)10-14-7-5-4-6-8-14/h4-9,13,15H,10-11H2,1-3H3. The van der Waals surface area contributed by atoms with E-state index < -0.39 is 0 Å². The molecule has 2 heteroatoms. The first-order valence-corrected chi connectivity index (χ1v) is 7.09. The molecule has 0 N–H and O–H groups in total. The molecular weight excluding hydrogens is 276 g/mol. The summed E-state index contributed by atoms with van der Waals surface area (Å²) in [4.78, 5) is 0. The Balaban J connectivity index is 2.66. The van der Waals surface area contributed by atoms with Crippen LogP contribution in [0.4, 0.5) is 0 Å². The van der Waals surface area contributed by atoms with E-state index in [4.69, 9.17) is 4.74 Å². The molecule has 1 nitrogen and oxygen atoms in total. The molecule has 0 amide bonds. The fourth-order valence-corrected chi connectivity index (χ4v) is 2.12. The first-order valence-electron chi connectivity index (χ1n) is 5.97. The summed E-state index contributed by atoms with van der Waals surface area (Å²) in [6.45, 7) is 4.35. The number of alkyl halides is 1. The normalized spacial score (nSPS) is 15.6. The zero-order valence-electron chi connectivity index (χ0n) is 10.8. The molecule has 2 atom stereocenters. The van der Waals surface area contributed by atoms with Gasteiger partial charge < -0.3 is 4.74 Å². The van der Waals surface area contributed by atoms with Crippen LogP contribution in [0.2, 0.25) is 0 Å². The van der Waals surface area contributed by atoms with Crippen LogP contribution in [0.3, 0.4) is 0 Å². The van der Waals surface area contributed by atoms with Gasteiger partial charge in [0, 0.05) is 18.4 Å². The third kappa shape index (κ3) is 5.05. The van der Waals surface area contributed by atoms with E-state index in [2.05, 4.69) is 60.1 Å². The van der Waals surface area contributed by atoms with Crippen LogP contribution in [0.25, 0.3) is 0 Å². The zero-order chi connectivity index (χ0) is 12.7. The Labute approximate surface area is 113 Å². The smallest absolute Gasteiger partial charge is 0.0671 e. The maximum Gasteiger partial charge on any atom is 0.0671 e. The second kappa shape index (κ2) is 7.67. The third-order valence-corrected chi connectivity index (χ3v) is 3.81. The summed E-state index contributed by atoms with van der Waals surface area (Å²) in [6.07, 6.45) is 3.49. The first-order chi connectivity index (χ1) is 8.17. The molecule has 0 aliphatic carbocycles. The van der Waals surface area contributed by atoms with E-state index in [1.165, 1.54) is 11.1 Å². The summed E-state index contributed by atoms with van der Waals surface area (Å²) in [5, 5.41) is 0.930. The van der Waals surface area contributed by atoms with Crippen molar-refractivity contribution in [3.63, 3.8) is 0 Å². The van der Waals surface area contributed by atoms with Gasteiger partial charge in [0.2, 0.25) is 0 Å². The van der Waals surface area contributed by atoms with Crippen molar-refractivity contribution in [2.45, 2.75) is 26.4 Å². The van der Waals surface area contributed by atoms with E-state index in [0.717, 1.165) is 11.8 Å². The van der Waals surface area contributed by atoms with Crippen LogP contribution in [0.1, 0.15) is 19.4 Å². The van der Waals surface area contributed by atoms with Gasteiger partial charge in [0.15, 0.2) is 0 Å². The summed E-state index contributed by atoms with van der Waals surface area (Å²) >= 11 is 3.47. The molecule has 1 aromatic carbocycles. The molecule has 0 radical (unpaired) electrons. The highest BCUT2D eigenvalue weighted by atomic mass is 79.9.